The van der Waals surface area contributed by atoms with Crippen LogP contribution >= 0.6 is 0 Å². The van der Waals surface area contributed by atoms with Gasteiger partial charge in [-0.2, -0.15) is 0 Å². The highest BCUT2D eigenvalue weighted by atomic mass is 16.5. The van der Waals surface area contributed by atoms with Crippen molar-refractivity contribution in [2.45, 2.75) is 12.8 Å². The van der Waals surface area contributed by atoms with Crippen molar-refractivity contribution in [2.75, 3.05) is 57.7 Å². The molecule has 2 aromatic rings. The fourth-order valence-electron chi connectivity index (χ4n) is 4.12. The summed E-state index contributed by atoms with van der Waals surface area (Å²) in [5.41, 5.74) is 3.69. The van der Waals surface area contributed by atoms with Crippen molar-refractivity contribution >= 4 is 23.2 Å². The van der Waals surface area contributed by atoms with Gasteiger partial charge in [0.1, 0.15) is 0 Å². The second-order valence-corrected chi connectivity index (χ2v) is 7.58. The third kappa shape index (κ3) is 4.10. The van der Waals surface area contributed by atoms with Crippen LogP contribution in [-0.2, 0) is 11.2 Å². The summed E-state index contributed by atoms with van der Waals surface area (Å²) in [5.74, 6) is 1.40. The average molecular weight is 425 g/mol. The number of amides is 2. The van der Waals surface area contributed by atoms with Crippen LogP contribution in [0.2, 0.25) is 0 Å². The van der Waals surface area contributed by atoms with Crippen LogP contribution in [0.4, 0.5) is 11.4 Å². The molecule has 2 amide bonds. The van der Waals surface area contributed by atoms with Gasteiger partial charge >= 0.3 is 0 Å². The minimum absolute atomic E-state index is 0.0629. The van der Waals surface area contributed by atoms with Crippen LogP contribution in [0.15, 0.2) is 30.3 Å². The van der Waals surface area contributed by atoms with Crippen molar-refractivity contribution in [3.05, 3.63) is 41.5 Å². The molecule has 1 fully saturated rings. The molecule has 4 rings (SSSR count). The van der Waals surface area contributed by atoms with Gasteiger partial charge in [-0.3, -0.25) is 9.59 Å². The lowest BCUT2D eigenvalue weighted by Gasteiger charge is -2.36. The molecule has 0 saturated carbocycles. The van der Waals surface area contributed by atoms with Crippen LogP contribution in [0.3, 0.4) is 0 Å². The quantitative estimate of drug-likeness (QED) is 0.793. The molecule has 0 radical (unpaired) electrons. The van der Waals surface area contributed by atoms with E-state index >= 15 is 0 Å². The van der Waals surface area contributed by atoms with Gasteiger partial charge in [-0.25, -0.2) is 0 Å². The molecular weight excluding hydrogens is 398 g/mol. The number of piperazine rings is 1. The normalized spacial score (nSPS) is 15.8. The van der Waals surface area contributed by atoms with Crippen LogP contribution in [0.5, 0.6) is 17.2 Å². The minimum atomic E-state index is -0.0629. The smallest absolute Gasteiger partial charge is 0.254 e. The van der Waals surface area contributed by atoms with Gasteiger partial charge in [0.05, 0.1) is 21.3 Å². The van der Waals surface area contributed by atoms with E-state index in [1.54, 1.807) is 12.1 Å². The van der Waals surface area contributed by atoms with Crippen molar-refractivity contribution in [3.8, 4) is 17.2 Å². The summed E-state index contributed by atoms with van der Waals surface area (Å²) in [5, 5.41) is 2.92. The van der Waals surface area contributed by atoms with Gasteiger partial charge in [0, 0.05) is 49.5 Å². The van der Waals surface area contributed by atoms with Crippen molar-refractivity contribution in [1.82, 2.24) is 4.90 Å². The highest BCUT2D eigenvalue weighted by Gasteiger charge is 2.25. The first-order valence-electron chi connectivity index (χ1n) is 10.3. The first-order chi connectivity index (χ1) is 15.0. The molecule has 0 bridgehead atoms. The molecule has 164 valence electrons. The zero-order valence-corrected chi connectivity index (χ0v) is 18.1. The number of benzene rings is 2. The van der Waals surface area contributed by atoms with Gasteiger partial charge in [0.25, 0.3) is 5.91 Å². The van der Waals surface area contributed by atoms with Gasteiger partial charge in [-0.05, 0) is 42.3 Å². The number of carbonyl (C=O) groups excluding carboxylic acids is 2. The molecule has 2 aliphatic heterocycles. The summed E-state index contributed by atoms with van der Waals surface area (Å²) in [4.78, 5) is 28.8. The maximum absolute atomic E-state index is 13.1. The van der Waals surface area contributed by atoms with Gasteiger partial charge in [0.15, 0.2) is 11.5 Å². The Morgan fingerprint density at radius 3 is 2.19 bits per heavy atom. The largest absolute Gasteiger partial charge is 0.493 e. The van der Waals surface area contributed by atoms with Gasteiger partial charge in [0.2, 0.25) is 11.7 Å². The predicted molar refractivity (Wildman–Crippen MR) is 118 cm³/mol. The van der Waals surface area contributed by atoms with Gasteiger partial charge in [-0.1, -0.05) is 0 Å². The Morgan fingerprint density at radius 2 is 1.58 bits per heavy atom. The molecular formula is C23H27N3O5. The molecule has 1 N–H and O–H groups in total. The number of nitrogens with one attached hydrogen (secondary N) is 1. The molecule has 0 aliphatic carbocycles. The maximum Gasteiger partial charge on any atom is 0.254 e. The fraction of sp³-hybridized carbons (Fsp3) is 0.391. The van der Waals surface area contributed by atoms with E-state index in [-0.39, 0.29) is 11.8 Å². The van der Waals surface area contributed by atoms with E-state index in [4.69, 9.17) is 14.2 Å². The molecule has 2 heterocycles. The van der Waals surface area contributed by atoms with Crippen LogP contribution in [0.25, 0.3) is 0 Å². The number of carbonyl (C=O) groups is 2. The number of ether oxygens (including phenoxy) is 3. The van der Waals surface area contributed by atoms with E-state index < -0.39 is 0 Å². The first-order valence-corrected chi connectivity index (χ1v) is 10.3. The molecule has 31 heavy (non-hydrogen) atoms. The number of rotatable bonds is 5. The lowest BCUT2D eigenvalue weighted by Crippen LogP contribution is -2.48. The zero-order valence-electron chi connectivity index (χ0n) is 18.1. The first kappa shape index (κ1) is 20.8. The van der Waals surface area contributed by atoms with E-state index in [1.165, 1.54) is 21.3 Å². The van der Waals surface area contributed by atoms with Crippen LogP contribution in [0, 0.1) is 0 Å². The predicted octanol–water partition coefficient (Wildman–Crippen LogP) is 2.56. The summed E-state index contributed by atoms with van der Waals surface area (Å²) in [6.45, 7) is 2.70. The Hall–Kier alpha value is -3.42. The second-order valence-electron chi connectivity index (χ2n) is 7.58. The lowest BCUT2D eigenvalue weighted by atomic mass is 10.0. The van der Waals surface area contributed by atoms with Crippen LogP contribution in [0.1, 0.15) is 22.3 Å². The molecule has 8 nitrogen and oxygen atoms in total. The lowest BCUT2D eigenvalue weighted by molar-refractivity contribution is -0.116. The highest BCUT2D eigenvalue weighted by Crippen LogP contribution is 2.38. The summed E-state index contributed by atoms with van der Waals surface area (Å²) in [6.07, 6.45) is 1.28. The SMILES string of the molecule is COc1cc(C(=O)N2CCN(c3ccc4c(c3)CCC(=O)N4)CC2)cc(OC)c1OC. The third-order valence-electron chi connectivity index (χ3n) is 5.83. The molecule has 1 saturated heterocycles. The van der Waals surface area contributed by atoms with E-state index in [0.717, 1.165) is 36.4 Å². The molecule has 0 atom stereocenters. The monoisotopic (exact) mass is 425 g/mol. The fourth-order valence-corrected chi connectivity index (χ4v) is 4.12. The Kier molecular flexibility index (Phi) is 5.88. The van der Waals surface area contributed by atoms with Crippen molar-refractivity contribution in [3.63, 3.8) is 0 Å². The van der Waals surface area contributed by atoms with E-state index in [2.05, 4.69) is 16.3 Å². The van der Waals surface area contributed by atoms with Crippen molar-refractivity contribution < 1.29 is 23.8 Å². The molecule has 2 aliphatic rings. The molecule has 0 unspecified atom stereocenters. The topological polar surface area (TPSA) is 80.3 Å². The Balaban J connectivity index is 1.45. The number of nitrogens with zero attached hydrogens (tertiary/aromatic N) is 2. The summed E-state index contributed by atoms with van der Waals surface area (Å²) in [6, 6.07) is 9.52. The van der Waals surface area contributed by atoms with Crippen LogP contribution < -0.4 is 24.4 Å². The maximum atomic E-state index is 13.1. The molecule has 0 spiro atoms. The number of methoxy groups -OCH3 is 3. The molecule has 2 aromatic carbocycles. The Morgan fingerprint density at radius 1 is 0.903 bits per heavy atom. The summed E-state index contributed by atoms with van der Waals surface area (Å²) < 4.78 is 16.1. The van der Waals surface area contributed by atoms with Gasteiger partial charge < -0.3 is 29.3 Å². The number of aryl methyl sites for hydroxylation is 1. The number of hydrogen-bond acceptors (Lipinski definition) is 6. The highest BCUT2D eigenvalue weighted by molar-refractivity contribution is 5.96. The Labute approximate surface area is 181 Å². The number of hydrogen-bond donors (Lipinski definition) is 1. The summed E-state index contributed by atoms with van der Waals surface area (Å²) >= 11 is 0. The third-order valence-corrected chi connectivity index (χ3v) is 5.83. The molecule has 0 aromatic heterocycles. The second kappa shape index (κ2) is 8.75. The van der Waals surface area contributed by atoms with Gasteiger partial charge in [-0.15, -0.1) is 0 Å². The summed E-state index contributed by atoms with van der Waals surface area (Å²) in [7, 11) is 4.61. The van der Waals surface area contributed by atoms with Crippen LogP contribution in [-0.4, -0.2) is 64.2 Å². The number of anilines is 2. The minimum Gasteiger partial charge on any atom is -0.493 e. The zero-order chi connectivity index (χ0) is 22.0. The molecule has 8 heteroatoms. The standard InChI is InChI=1S/C23H27N3O5/c1-29-19-13-16(14-20(30-2)22(19)31-3)23(28)26-10-8-25(9-11-26)17-5-6-18-15(12-17)4-7-21(27)24-18/h5-6,12-14H,4,7-11H2,1-3H3,(H,24,27). The Bertz CT molecular complexity index is 974. The van der Waals surface area contributed by atoms with Crippen molar-refractivity contribution in [2.24, 2.45) is 0 Å². The average Bonchev–Trinajstić information content (AvgIpc) is 2.82. The van der Waals surface area contributed by atoms with E-state index in [0.29, 0.717) is 42.3 Å². The van der Waals surface area contributed by atoms with E-state index in [1.807, 2.05) is 17.0 Å². The van der Waals surface area contributed by atoms with Crippen molar-refractivity contribution in [1.29, 1.82) is 0 Å². The van der Waals surface area contributed by atoms with E-state index in [9.17, 15) is 9.59 Å². The number of fused-ring (bicyclic) bond motifs is 1.